The summed E-state index contributed by atoms with van der Waals surface area (Å²) >= 11 is 0. The number of carbonyl (C=O) groups is 1. The number of carbonyl (C=O) groups excluding carboxylic acids is 1. The highest BCUT2D eigenvalue weighted by Gasteiger charge is 2.24. The average molecular weight is 369 g/mol. The fourth-order valence-electron chi connectivity index (χ4n) is 3.37. The molecular formula is C17H24FN3O3S. The lowest BCUT2D eigenvalue weighted by Gasteiger charge is -2.16. The number of benzene rings is 1. The van der Waals surface area contributed by atoms with Crippen LogP contribution in [0, 0.1) is 11.7 Å². The Kier molecular flexibility index (Phi) is 5.71. The molecule has 1 aromatic rings. The van der Waals surface area contributed by atoms with Gasteiger partial charge in [-0.3, -0.25) is 4.79 Å². The molecule has 2 heterocycles. The van der Waals surface area contributed by atoms with E-state index in [-0.39, 0.29) is 16.4 Å². The predicted octanol–water partition coefficient (Wildman–Crippen LogP) is 1.34. The van der Waals surface area contributed by atoms with Crippen LogP contribution in [0.3, 0.4) is 0 Å². The van der Waals surface area contributed by atoms with Gasteiger partial charge in [0.15, 0.2) is 0 Å². The lowest BCUT2D eigenvalue weighted by molar-refractivity contribution is 0.0788. The molecule has 1 aromatic carbocycles. The van der Waals surface area contributed by atoms with Gasteiger partial charge in [0.1, 0.15) is 5.82 Å². The zero-order valence-electron chi connectivity index (χ0n) is 14.1. The van der Waals surface area contributed by atoms with E-state index < -0.39 is 15.8 Å². The molecule has 1 unspecified atom stereocenters. The van der Waals surface area contributed by atoms with Crippen LogP contribution in [0.15, 0.2) is 23.1 Å². The Morgan fingerprint density at radius 3 is 2.72 bits per heavy atom. The zero-order chi connectivity index (χ0) is 17.9. The smallest absolute Gasteiger partial charge is 0.256 e. The molecule has 1 atom stereocenters. The topological polar surface area (TPSA) is 78.5 Å². The Morgan fingerprint density at radius 1 is 1.32 bits per heavy atom. The third kappa shape index (κ3) is 4.37. The normalized spacial score (nSPS) is 21.0. The molecule has 6 nitrogen and oxygen atoms in total. The fraction of sp³-hybridized carbons (Fsp3) is 0.588. The molecule has 0 spiro atoms. The molecule has 2 N–H and O–H groups in total. The quantitative estimate of drug-likeness (QED) is 0.793. The van der Waals surface area contributed by atoms with Crippen LogP contribution < -0.4 is 10.0 Å². The van der Waals surface area contributed by atoms with Gasteiger partial charge in [0.05, 0.1) is 10.5 Å². The Labute approximate surface area is 147 Å². The Hall–Kier alpha value is -1.51. The van der Waals surface area contributed by atoms with Gasteiger partial charge in [-0.2, -0.15) is 0 Å². The summed E-state index contributed by atoms with van der Waals surface area (Å²) in [5, 5.41) is 3.24. The maximum Gasteiger partial charge on any atom is 0.256 e. The van der Waals surface area contributed by atoms with Gasteiger partial charge in [0, 0.05) is 19.6 Å². The highest BCUT2D eigenvalue weighted by atomic mass is 32.2. The maximum atomic E-state index is 14.3. The van der Waals surface area contributed by atoms with E-state index in [1.165, 1.54) is 12.1 Å². The van der Waals surface area contributed by atoms with Crippen molar-refractivity contribution in [1.29, 1.82) is 0 Å². The number of likely N-dealkylation sites (tertiary alicyclic amines) is 1. The van der Waals surface area contributed by atoms with Crippen molar-refractivity contribution < 1.29 is 17.6 Å². The van der Waals surface area contributed by atoms with Crippen molar-refractivity contribution in [1.82, 2.24) is 14.9 Å². The summed E-state index contributed by atoms with van der Waals surface area (Å²) < 4.78 is 41.4. The highest BCUT2D eigenvalue weighted by Crippen LogP contribution is 2.19. The van der Waals surface area contributed by atoms with Crippen LogP contribution in [0.2, 0.25) is 0 Å². The third-order valence-corrected chi connectivity index (χ3v) is 6.34. The third-order valence-electron chi connectivity index (χ3n) is 4.88. The fourth-order valence-corrected chi connectivity index (χ4v) is 4.43. The van der Waals surface area contributed by atoms with Crippen LogP contribution in [0.25, 0.3) is 0 Å². The molecule has 2 saturated heterocycles. The molecule has 8 heteroatoms. The van der Waals surface area contributed by atoms with Crippen LogP contribution in [-0.2, 0) is 10.0 Å². The minimum absolute atomic E-state index is 0.0714. The van der Waals surface area contributed by atoms with Gasteiger partial charge in [0.25, 0.3) is 5.91 Å². The first-order valence-electron chi connectivity index (χ1n) is 8.76. The zero-order valence-corrected chi connectivity index (χ0v) is 14.9. The van der Waals surface area contributed by atoms with E-state index in [4.69, 9.17) is 0 Å². The minimum atomic E-state index is -3.77. The van der Waals surface area contributed by atoms with Crippen molar-refractivity contribution in [3.63, 3.8) is 0 Å². The summed E-state index contributed by atoms with van der Waals surface area (Å²) in [4.78, 5) is 13.7. The van der Waals surface area contributed by atoms with E-state index in [1.807, 2.05) is 0 Å². The van der Waals surface area contributed by atoms with Gasteiger partial charge in [-0.05, 0) is 62.9 Å². The van der Waals surface area contributed by atoms with Crippen molar-refractivity contribution in [3.8, 4) is 0 Å². The van der Waals surface area contributed by atoms with Crippen molar-refractivity contribution in [2.24, 2.45) is 5.92 Å². The molecule has 1 amide bonds. The molecule has 0 aromatic heterocycles. The monoisotopic (exact) mass is 369 g/mol. The highest BCUT2D eigenvalue weighted by molar-refractivity contribution is 7.89. The molecular weight excluding hydrogens is 345 g/mol. The summed E-state index contributed by atoms with van der Waals surface area (Å²) in [6, 6.07) is 3.50. The standard InChI is InChI=1S/C17H24FN3O3S/c18-16-11-14(3-4-15(16)17(22)21-9-1-2-10-21)25(23,24)20-8-6-13-5-7-19-12-13/h3-4,11,13,19-20H,1-2,5-10,12H2. The molecule has 0 radical (unpaired) electrons. The largest absolute Gasteiger partial charge is 0.339 e. The number of hydrogen-bond acceptors (Lipinski definition) is 4. The Morgan fingerprint density at radius 2 is 2.08 bits per heavy atom. The predicted molar refractivity (Wildman–Crippen MR) is 92.3 cm³/mol. The molecule has 0 aliphatic carbocycles. The van der Waals surface area contributed by atoms with Crippen molar-refractivity contribution in [3.05, 3.63) is 29.6 Å². The molecule has 25 heavy (non-hydrogen) atoms. The van der Waals surface area contributed by atoms with Crippen LogP contribution >= 0.6 is 0 Å². The van der Waals surface area contributed by atoms with E-state index >= 15 is 0 Å². The Balaban J connectivity index is 1.64. The van der Waals surface area contributed by atoms with Crippen molar-refractivity contribution in [2.75, 3.05) is 32.7 Å². The summed E-state index contributed by atoms with van der Waals surface area (Å²) in [5.74, 6) is -0.694. The second-order valence-electron chi connectivity index (χ2n) is 6.69. The summed E-state index contributed by atoms with van der Waals surface area (Å²) in [7, 11) is -3.77. The van der Waals surface area contributed by atoms with E-state index in [9.17, 15) is 17.6 Å². The first kappa shape index (κ1) is 18.3. The number of amides is 1. The number of nitrogens with zero attached hydrogens (tertiary/aromatic N) is 1. The number of sulfonamides is 1. The Bertz CT molecular complexity index is 727. The van der Waals surface area contributed by atoms with Crippen LogP contribution in [-0.4, -0.2) is 51.9 Å². The van der Waals surface area contributed by atoms with Gasteiger partial charge >= 0.3 is 0 Å². The second kappa shape index (κ2) is 7.80. The SMILES string of the molecule is O=C(c1ccc(S(=O)(=O)NCCC2CCNC2)cc1F)N1CCCC1. The number of nitrogens with one attached hydrogen (secondary N) is 2. The second-order valence-corrected chi connectivity index (χ2v) is 8.45. The van der Waals surface area contributed by atoms with Gasteiger partial charge in [-0.25, -0.2) is 17.5 Å². The lowest BCUT2D eigenvalue weighted by atomic mass is 10.1. The van der Waals surface area contributed by atoms with Gasteiger partial charge < -0.3 is 10.2 Å². The van der Waals surface area contributed by atoms with Crippen LogP contribution in [0.1, 0.15) is 36.0 Å². The minimum Gasteiger partial charge on any atom is -0.339 e. The van der Waals surface area contributed by atoms with E-state index in [1.54, 1.807) is 4.90 Å². The summed E-state index contributed by atoms with van der Waals surface area (Å²) in [5.41, 5.74) is -0.0714. The summed E-state index contributed by atoms with van der Waals surface area (Å²) in [6.45, 7) is 3.44. The first-order valence-corrected chi connectivity index (χ1v) is 10.2. The molecule has 0 saturated carbocycles. The number of rotatable bonds is 6. The molecule has 2 aliphatic rings. The van der Waals surface area contributed by atoms with Gasteiger partial charge in [0.2, 0.25) is 10.0 Å². The van der Waals surface area contributed by atoms with Crippen molar-refractivity contribution in [2.45, 2.75) is 30.6 Å². The van der Waals surface area contributed by atoms with E-state index in [0.717, 1.165) is 44.8 Å². The first-order chi connectivity index (χ1) is 12.0. The summed E-state index contributed by atoms with van der Waals surface area (Å²) in [6.07, 6.45) is 3.63. The van der Waals surface area contributed by atoms with Gasteiger partial charge in [-0.15, -0.1) is 0 Å². The average Bonchev–Trinajstić information content (AvgIpc) is 3.27. The van der Waals surface area contributed by atoms with Crippen molar-refractivity contribution >= 4 is 15.9 Å². The van der Waals surface area contributed by atoms with Crippen LogP contribution in [0.5, 0.6) is 0 Å². The molecule has 138 valence electrons. The van der Waals surface area contributed by atoms with E-state index in [2.05, 4.69) is 10.0 Å². The molecule has 2 fully saturated rings. The molecule has 2 aliphatic heterocycles. The number of hydrogen-bond donors (Lipinski definition) is 2. The molecule has 3 rings (SSSR count). The van der Waals surface area contributed by atoms with E-state index in [0.29, 0.717) is 25.6 Å². The maximum absolute atomic E-state index is 14.3. The molecule has 0 bridgehead atoms. The lowest BCUT2D eigenvalue weighted by Crippen LogP contribution is -2.29. The number of halogens is 1. The van der Waals surface area contributed by atoms with Gasteiger partial charge in [-0.1, -0.05) is 0 Å². The van der Waals surface area contributed by atoms with Crippen LogP contribution in [0.4, 0.5) is 4.39 Å².